The van der Waals surface area contributed by atoms with Crippen molar-refractivity contribution in [3.05, 3.63) is 0 Å². The number of methoxy groups -OCH3 is 2. The normalized spacial score (nSPS) is 12.8. The molecule has 3 amide bonds. The summed E-state index contributed by atoms with van der Waals surface area (Å²) >= 11 is 0. The molecule has 0 rings (SSSR count). The van der Waals surface area contributed by atoms with E-state index in [-0.39, 0.29) is 25.9 Å². The molecule has 0 heterocycles. The van der Waals surface area contributed by atoms with Crippen LogP contribution < -0.4 is 16.4 Å². The summed E-state index contributed by atoms with van der Waals surface area (Å²) in [4.78, 5) is 46.4. The lowest BCUT2D eigenvalue weighted by atomic mass is 10.1. The Morgan fingerprint density at radius 2 is 1.68 bits per heavy atom. The number of hydrogen-bond acceptors (Lipinski definition) is 7. The first kappa shape index (κ1) is 22.8. The highest BCUT2D eigenvalue weighted by Crippen LogP contribution is 2.00. The number of carbonyl (C=O) groups is 4. The van der Waals surface area contributed by atoms with E-state index in [1.807, 2.05) is 0 Å². The lowest BCUT2D eigenvalue weighted by Gasteiger charge is -2.20. The van der Waals surface area contributed by atoms with Crippen LogP contribution in [-0.4, -0.2) is 69.8 Å². The van der Waals surface area contributed by atoms with Gasteiger partial charge in [0, 0.05) is 20.0 Å². The molecule has 10 nitrogen and oxygen atoms in total. The Kier molecular flexibility index (Phi) is 12.0. The molecule has 0 aromatic heterocycles. The summed E-state index contributed by atoms with van der Waals surface area (Å²) < 4.78 is 14.5. The minimum atomic E-state index is -0.994. The van der Waals surface area contributed by atoms with Crippen molar-refractivity contribution in [2.75, 3.05) is 34.0 Å². The van der Waals surface area contributed by atoms with Crippen LogP contribution in [0.25, 0.3) is 0 Å². The fourth-order valence-electron chi connectivity index (χ4n) is 1.78. The Bertz CT molecular complexity index is 456. The third-order valence-corrected chi connectivity index (χ3v) is 3.15. The van der Waals surface area contributed by atoms with Crippen molar-refractivity contribution in [2.24, 2.45) is 5.73 Å². The number of carbonyl (C=O) groups excluding carboxylic acids is 4. The van der Waals surface area contributed by atoms with Crippen LogP contribution in [0.2, 0.25) is 0 Å². The second-order valence-corrected chi connectivity index (χ2v) is 5.23. The van der Waals surface area contributed by atoms with Crippen molar-refractivity contribution in [1.29, 1.82) is 0 Å². The summed E-state index contributed by atoms with van der Waals surface area (Å²) in [6.07, 6.45) is -0.0305. The van der Waals surface area contributed by atoms with Crippen molar-refractivity contribution >= 4 is 23.7 Å². The largest absolute Gasteiger partial charge is 0.467 e. The van der Waals surface area contributed by atoms with Gasteiger partial charge in [-0.2, -0.15) is 0 Å². The van der Waals surface area contributed by atoms with E-state index >= 15 is 0 Å². The number of hydrogen-bond donors (Lipinski definition) is 3. The standard InChI is InChI=1S/C15H27N3O7/c1-10(15(22)24-3)17-14(21)11(4-5-12(16)19)18-13(20)6-7-25-9-8-23-2/h10-11H,4-9H2,1-3H3,(H2,16,19)(H,17,21)(H,18,20)/t10-,11+/m0/s1. The Morgan fingerprint density at radius 3 is 2.24 bits per heavy atom. The van der Waals surface area contributed by atoms with Gasteiger partial charge in [-0.15, -0.1) is 0 Å². The zero-order valence-electron chi connectivity index (χ0n) is 14.8. The maximum Gasteiger partial charge on any atom is 0.328 e. The number of amides is 3. The molecule has 0 saturated carbocycles. The Hall–Kier alpha value is -2.20. The van der Waals surface area contributed by atoms with Crippen LogP contribution >= 0.6 is 0 Å². The molecular formula is C15H27N3O7. The summed E-state index contributed by atoms with van der Waals surface area (Å²) in [6.45, 7) is 2.38. The molecule has 0 bridgehead atoms. The van der Waals surface area contributed by atoms with Gasteiger partial charge in [-0.05, 0) is 13.3 Å². The third kappa shape index (κ3) is 11.1. The molecule has 4 N–H and O–H groups in total. The van der Waals surface area contributed by atoms with Crippen LogP contribution in [0.1, 0.15) is 26.2 Å². The summed E-state index contributed by atoms with van der Waals surface area (Å²) in [5.74, 6) is -2.25. The lowest BCUT2D eigenvalue weighted by molar-refractivity contribution is -0.145. The fraction of sp³-hybridized carbons (Fsp3) is 0.733. The van der Waals surface area contributed by atoms with Gasteiger partial charge in [-0.3, -0.25) is 14.4 Å². The number of esters is 1. The van der Waals surface area contributed by atoms with Crippen molar-refractivity contribution in [1.82, 2.24) is 10.6 Å². The van der Waals surface area contributed by atoms with Gasteiger partial charge < -0.3 is 30.6 Å². The fourth-order valence-corrected chi connectivity index (χ4v) is 1.78. The summed E-state index contributed by atoms with van der Waals surface area (Å²) in [7, 11) is 2.73. The second kappa shape index (κ2) is 13.1. The molecule has 25 heavy (non-hydrogen) atoms. The summed E-state index contributed by atoms with van der Waals surface area (Å²) in [6, 6.07) is -1.88. The zero-order chi connectivity index (χ0) is 19.2. The highest BCUT2D eigenvalue weighted by Gasteiger charge is 2.25. The Morgan fingerprint density at radius 1 is 1.00 bits per heavy atom. The van der Waals surface area contributed by atoms with Gasteiger partial charge in [0.2, 0.25) is 17.7 Å². The van der Waals surface area contributed by atoms with E-state index in [1.165, 1.54) is 21.1 Å². The van der Waals surface area contributed by atoms with Crippen LogP contribution in [-0.2, 0) is 33.4 Å². The second-order valence-electron chi connectivity index (χ2n) is 5.23. The number of nitrogens with one attached hydrogen (secondary N) is 2. The van der Waals surface area contributed by atoms with E-state index < -0.39 is 35.8 Å². The molecule has 0 aromatic carbocycles. The van der Waals surface area contributed by atoms with Crippen molar-refractivity contribution < 1.29 is 33.4 Å². The quantitative estimate of drug-likeness (QED) is 0.266. The van der Waals surface area contributed by atoms with Crippen LogP contribution in [0.3, 0.4) is 0 Å². The minimum absolute atomic E-state index is 0.0192. The molecule has 0 saturated heterocycles. The van der Waals surface area contributed by atoms with Crippen molar-refractivity contribution in [3.8, 4) is 0 Å². The average molecular weight is 361 g/mol. The number of primary amides is 1. The van der Waals surface area contributed by atoms with Gasteiger partial charge in [0.1, 0.15) is 12.1 Å². The minimum Gasteiger partial charge on any atom is -0.467 e. The topological polar surface area (TPSA) is 146 Å². The van der Waals surface area contributed by atoms with Gasteiger partial charge >= 0.3 is 5.97 Å². The van der Waals surface area contributed by atoms with E-state index in [4.69, 9.17) is 15.2 Å². The highest BCUT2D eigenvalue weighted by atomic mass is 16.5. The molecule has 0 radical (unpaired) electrons. The molecule has 0 aliphatic carbocycles. The highest BCUT2D eigenvalue weighted by molar-refractivity contribution is 5.91. The SMILES string of the molecule is COCCOCCC(=O)N[C@H](CCC(N)=O)C(=O)N[C@@H](C)C(=O)OC. The van der Waals surface area contributed by atoms with E-state index in [0.717, 1.165) is 0 Å². The van der Waals surface area contributed by atoms with Gasteiger partial charge in [0.15, 0.2) is 0 Å². The van der Waals surface area contributed by atoms with Gasteiger partial charge in [-0.25, -0.2) is 4.79 Å². The zero-order valence-corrected chi connectivity index (χ0v) is 14.8. The van der Waals surface area contributed by atoms with Gasteiger partial charge in [0.05, 0.1) is 26.9 Å². The van der Waals surface area contributed by atoms with Crippen LogP contribution in [0, 0.1) is 0 Å². The maximum atomic E-state index is 12.2. The first-order valence-electron chi connectivity index (χ1n) is 7.84. The van der Waals surface area contributed by atoms with Crippen LogP contribution in [0.5, 0.6) is 0 Å². The monoisotopic (exact) mass is 361 g/mol. The molecule has 0 aliphatic rings. The Labute approximate surface area is 146 Å². The first-order chi connectivity index (χ1) is 11.8. The molecule has 0 spiro atoms. The van der Waals surface area contributed by atoms with Crippen molar-refractivity contribution in [2.45, 2.75) is 38.3 Å². The van der Waals surface area contributed by atoms with Crippen molar-refractivity contribution in [3.63, 3.8) is 0 Å². The van der Waals surface area contributed by atoms with E-state index in [9.17, 15) is 19.2 Å². The lowest BCUT2D eigenvalue weighted by Crippen LogP contribution is -2.51. The number of nitrogens with two attached hydrogens (primary N) is 1. The molecule has 0 unspecified atom stereocenters. The van der Waals surface area contributed by atoms with E-state index in [0.29, 0.717) is 13.2 Å². The molecule has 0 aromatic rings. The molecular weight excluding hydrogens is 334 g/mol. The molecule has 10 heteroatoms. The summed E-state index contributed by atoms with van der Waals surface area (Å²) in [5, 5.41) is 4.92. The van der Waals surface area contributed by atoms with Crippen LogP contribution in [0.4, 0.5) is 0 Å². The van der Waals surface area contributed by atoms with E-state index in [1.54, 1.807) is 0 Å². The maximum absolute atomic E-state index is 12.2. The predicted molar refractivity (Wildman–Crippen MR) is 87.3 cm³/mol. The van der Waals surface area contributed by atoms with Gasteiger partial charge in [-0.1, -0.05) is 0 Å². The van der Waals surface area contributed by atoms with E-state index in [2.05, 4.69) is 15.4 Å². The smallest absolute Gasteiger partial charge is 0.328 e. The predicted octanol–water partition coefficient (Wildman–Crippen LogP) is -1.53. The Balaban J connectivity index is 4.54. The van der Waals surface area contributed by atoms with Crippen LogP contribution in [0.15, 0.2) is 0 Å². The molecule has 2 atom stereocenters. The average Bonchev–Trinajstić information content (AvgIpc) is 2.57. The molecule has 0 aliphatic heterocycles. The number of ether oxygens (including phenoxy) is 3. The first-order valence-corrected chi connectivity index (χ1v) is 7.84. The molecule has 0 fully saturated rings. The third-order valence-electron chi connectivity index (χ3n) is 3.15. The summed E-state index contributed by atoms with van der Waals surface area (Å²) in [5.41, 5.74) is 5.08. The number of rotatable bonds is 13. The molecule has 144 valence electrons. The van der Waals surface area contributed by atoms with Gasteiger partial charge in [0.25, 0.3) is 0 Å².